The summed E-state index contributed by atoms with van der Waals surface area (Å²) in [4.78, 5) is 47.8. The molecule has 10 heteroatoms. The van der Waals surface area contributed by atoms with Crippen LogP contribution in [0.4, 0.5) is 8.78 Å². The second-order valence-electron chi connectivity index (χ2n) is 10.0. The van der Waals surface area contributed by atoms with Crippen molar-refractivity contribution in [3.63, 3.8) is 0 Å². The molecule has 1 aromatic heterocycles. The summed E-state index contributed by atoms with van der Waals surface area (Å²) in [7, 11) is 0. The van der Waals surface area contributed by atoms with Gasteiger partial charge in [0, 0.05) is 25.1 Å². The van der Waals surface area contributed by atoms with Gasteiger partial charge in [-0.3, -0.25) is 14.4 Å². The maximum Gasteiger partial charge on any atom is 0.243 e. The first-order valence-electron chi connectivity index (χ1n) is 12.8. The monoisotopic (exact) mass is 505 g/mol. The molecular weight excluding hydrogens is 468 g/mol. The molecule has 198 valence electrons. The minimum absolute atomic E-state index is 0.0306. The van der Waals surface area contributed by atoms with E-state index in [4.69, 9.17) is 0 Å². The number of H-pyrrole nitrogens is 1. The Kier molecular flexibility index (Phi) is 9.39. The number of carbonyl (C=O) groups is 3. The molecule has 0 saturated carbocycles. The van der Waals surface area contributed by atoms with E-state index in [0.29, 0.717) is 18.9 Å². The van der Waals surface area contributed by atoms with Crippen LogP contribution >= 0.6 is 0 Å². The van der Waals surface area contributed by atoms with Crippen molar-refractivity contribution in [2.45, 2.75) is 90.8 Å². The van der Waals surface area contributed by atoms with E-state index in [1.165, 1.54) is 0 Å². The van der Waals surface area contributed by atoms with Crippen molar-refractivity contribution in [2.24, 2.45) is 5.92 Å². The van der Waals surface area contributed by atoms with Crippen LogP contribution in [0.15, 0.2) is 12.1 Å². The second-order valence-corrected chi connectivity index (χ2v) is 10.0. The summed E-state index contributed by atoms with van der Waals surface area (Å²) < 4.78 is 27.6. The van der Waals surface area contributed by atoms with Gasteiger partial charge in [-0.1, -0.05) is 20.8 Å². The van der Waals surface area contributed by atoms with Gasteiger partial charge in [-0.15, -0.1) is 0 Å². The average molecular weight is 506 g/mol. The zero-order chi connectivity index (χ0) is 26.4. The second kappa shape index (κ2) is 12.3. The number of nitrogens with one attached hydrogen (secondary N) is 3. The highest BCUT2D eigenvalue weighted by Gasteiger charge is 2.31. The number of halogens is 2. The largest absolute Gasteiger partial charge is 0.345 e. The molecule has 1 aliphatic heterocycles. The summed E-state index contributed by atoms with van der Waals surface area (Å²) in [5, 5.41) is 5.50. The maximum absolute atomic E-state index is 14.1. The Morgan fingerprint density at radius 3 is 2.61 bits per heavy atom. The fourth-order valence-electron chi connectivity index (χ4n) is 4.59. The normalized spacial score (nSPS) is 17.8. The van der Waals surface area contributed by atoms with Gasteiger partial charge in [0.15, 0.2) is 5.82 Å². The predicted molar refractivity (Wildman–Crippen MR) is 133 cm³/mol. The molecule has 0 spiro atoms. The third kappa shape index (κ3) is 7.01. The minimum Gasteiger partial charge on any atom is -0.345 e. The van der Waals surface area contributed by atoms with Crippen LogP contribution in [0.5, 0.6) is 0 Å². The summed E-state index contributed by atoms with van der Waals surface area (Å²) >= 11 is 0. The molecule has 3 atom stereocenters. The molecule has 1 aliphatic rings. The standard InChI is InChI=1S/C26H37F2N5O3/c1-5-18-8-6-7-11-33(18)23(35)14-21(30-22(34)10-9-15(2)3)26(36)29-16(4)25-31-20-13-17(27)12-19(28)24(20)32-25/h12-13,15-16,18,21H,5-11,14H2,1-4H3,(H,29,36)(H,30,34)(H,31,32)/t16-,18+,21+/m1/s1. The first-order valence-corrected chi connectivity index (χ1v) is 12.8. The first kappa shape index (κ1) is 27.5. The van der Waals surface area contributed by atoms with Crippen LogP contribution in [0, 0.1) is 17.6 Å². The lowest BCUT2D eigenvalue weighted by Crippen LogP contribution is -2.52. The lowest BCUT2D eigenvalue weighted by Gasteiger charge is -2.36. The molecule has 2 heterocycles. The van der Waals surface area contributed by atoms with E-state index in [1.807, 2.05) is 25.7 Å². The number of hydrogen-bond acceptors (Lipinski definition) is 4. The molecule has 3 amide bonds. The summed E-state index contributed by atoms with van der Waals surface area (Å²) in [5.74, 6) is -1.98. The Morgan fingerprint density at radius 1 is 1.17 bits per heavy atom. The van der Waals surface area contributed by atoms with Crippen LogP contribution in [-0.4, -0.2) is 51.2 Å². The molecule has 0 unspecified atom stereocenters. The van der Waals surface area contributed by atoms with E-state index >= 15 is 0 Å². The Labute approximate surface area is 210 Å². The number of hydrogen-bond donors (Lipinski definition) is 3. The van der Waals surface area contributed by atoms with Gasteiger partial charge in [-0.25, -0.2) is 13.8 Å². The van der Waals surface area contributed by atoms with Gasteiger partial charge in [0.1, 0.15) is 23.2 Å². The minimum atomic E-state index is -1.06. The van der Waals surface area contributed by atoms with Gasteiger partial charge in [0.05, 0.1) is 18.0 Å². The van der Waals surface area contributed by atoms with Crippen LogP contribution < -0.4 is 10.6 Å². The number of aromatic amines is 1. The van der Waals surface area contributed by atoms with Crippen molar-refractivity contribution in [1.29, 1.82) is 0 Å². The van der Waals surface area contributed by atoms with E-state index in [1.54, 1.807) is 6.92 Å². The molecule has 2 aromatic rings. The fraction of sp³-hybridized carbons (Fsp3) is 0.615. The highest BCUT2D eigenvalue weighted by molar-refractivity contribution is 5.92. The predicted octanol–water partition coefficient (Wildman–Crippen LogP) is 4.12. The SMILES string of the molecule is CC[C@H]1CCCCN1C(=O)C[C@H](NC(=O)CCC(C)C)C(=O)N[C@H](C)c1nc2c(F)cc(F)cc2[nH]1. The maximum atomic E-state index is 14.1. The van der Waals surface area contributed by atoms with Crippen LogP contribution in [0.1, 0.15) is 84.5 Å². The van der Waals surface area contributed by atoms with E-state index in [-0.39, 0.29) is 47.6 Å². The Hall–Kier alpha value is -3.04. The van der Waals surface area contributed by atoms with Crippen molar-refractivity contribution < 1.29 is 23.2 Å². The molecule has 3 N–H and O–H groups in total. The lowest BCUT2D eigenvalue weighted by molar-refractivity contribution is -0.139. The van der Waals surface area contributed by atoms with Crippen molar-refractivity contribution in [3.05, 3.63) is 29.6 Å². The number of carbonyl (C=O) groups excluding carboxylic acids is 3. The summed E-state index contributed by atoms with van der Waals surface area (Å²) in [6.45, 7) is 8.33. The molecule has 8 nitrogen and oxygen atoms in total. The summed E-state index contributed by atoms with van der Waals surface area (Å²) in [5.41, 5.74) is 0.143. The van der Waals surface area contributed by atoms with Crippen molar-refractivity contribution in [3.8, 4) is 0 Å². The number of benzene rings is 1. The highest BCUT2D eigenvalue weighted by atomic mass is 19.1. The van der Waals surface area contributed by atoms with E-state index in [0.717, 1.165) is 37.8 Å². The van der Waals surface area contributed by atoms with Crippen molar-refractivity contribution >= 4 is 28.8 Å². The number of amides is 3. The van der Waals surface area contributed by atoms with Gasteiger partial charge in [-0.05, 0) is 51.0 Å². The van der Waals surface area contributed by atoms with E-state index in [9.17, 15) is 23.2 Å². The number of rotatable bonds is 10. The number of aromatic nitrogens is 2. The van der Waals surface area contributed by atoms with Crippen LogP contribution in [0.25, 0.3) is 11.0 Å². The Bertz CT molecular complexity index is 1090. The molecule has 3 rings (SSSR count). The van der Waals surface area contributed by atoms with E-state index < -0.39 is 29.6 Å². The van der Waals surface area contributed by atoms with Crippen LogP contribution in [0.2, 0.25) is 0 Å². The molecule has 1 aromatic carbocycles. The third-order valence-corrected chi connectivity index (χ3v) is 6.69. The molecular formula is C26H37F2N5O3. The van der Waals surface area contributed by atoms with Gasteiger partial charge < -0.3 is 20.5 Å². The summed E-state index contributed by atoms with van der Waals surface area (Å²) in [6.07, 6.45) is 4.51. The Balaban J connectivity index is 1.74. The van der Waals surface area contributed by atoms with Crippen LogP contribution in [-0.2, 0) is 14.4 Å². The number of piperidine rings is 1. The highest BCUT2D eigenvalue weighted by Crippen LogP contribution is 2.22. The number of likely N-dealkylation sites (tertiary alicyclic amines) is 1. The zero-order valence-corrected chi connectivity index (χ0v) is 21.5. The molecule has 0 radical (unpaired) electrons. The van der Waals surface area contributed by atoms with Crippen molar-refractivity contribution in [2.75, 3.05) is 6.54 Å². The quantitative estimate of drug-likeness (QED) is 0.452. The number of imidazole rings is 1. The average Bonchev–Trinajstić information content (AvgIpc) is 3.26. The van der Waals surface area contributed by atoms with Gasteiger partial charge >= 0.3 is 0 Å². The molecule has 1 fully saturated rings. The molecule has 0 bridgehead atoms. The van der Waals surface area contributed by atoms with Gasteiger partial charge in [0.25, 0.3) is 0 Å². The first-order chi connectivity index (χ1) is 17.1. The third-order valence-electron chi connectivity index (χ3n) is 6.69. The van der Waals surface area contributed by atoms with Crippen LogP contribution in [0.3, 0.4) is 0 Å². The smallest absolute Gasteiger partial charge is 0.243 e. The number of fused-ring (bicyclic) bond motifs is 1. The van der Waals surface area contributed by atoms with Gasteiger partial charge in [0.2, 0.25) is 17.7 Å². The molecule has 1 saturated heterocycles. The number of nitrogens with zero attached hydrogens (tertiary/aromatic N) is 2. The van der Waals surface area contributed by atoms with Crippen molar-refractivity contribution in [1.82, 2.24) is 25.5 Å². The zero-order valence-electron chi connectivity index (χ0n) is 21.5. The van der Waals surface area contributed by atoms with Gasteiger partial charge in [-0.2, -0.15) is 0 Å². The Morgan fingerprint density at radius 2 is 1.92 bits per heavy atom. The molecule has 36 heavy (non-hydrogen) atoms. The fourth-order valence-corrected chi connectivity index (χ4v) is 4.59. The van der Waals surface area contributed by atoms with E-state index in [2.05, 4.69) is 20.6 Å². The molecule has 0 aliphatic carbocycles. The topological polar surface area (TPSA) is 107 Å². The summed E-state index contributed by atoms with van der Waals surface area (Å²) in [6, 6.07) is 0.252. The lowest BCUT2D eigenvalue weighted by atomic mass is 9.98.